The molecule has 106 valence electrons. The normalized spacial score (nSPS) is 23.7. The van der Waals surface area contributed by atoms with Gasteiger partial charge in [0.05, 0.1) is 4.47 Å². The number of nitrogens with one attached hydrogen (secondary N) is 2. The van der Waals surface area contributed by atoms with E-state index in [9.17, 15) is 0 Å². The third kappa shape index (κ3) is 4.06. The van der Waals surface area contributed by atoms with E-state index in [1.54, 1.807) is 0 Å². The Morgan fingerprint density at radius 2 is 2.11 bits per heavy atom. The second-order valence-corrected chi connectivity index (χ2v) is 6.14. The molecule has 1 saturated carbocycles. The lowest BCUT2D eigenvalue weighted by molar-refractivity contribution is 0.455. The van der Waals surface area contributed by atoms with Crippen molar-refractivity contribution >= 4 is 27.7 Å². The minimum atomic E-state index is 0.517. The third-order valence-corrected chi connectivity index (χ3v) is 4.34. The van der Waals surface area contributed by atoms with E-state index in [0.717, 1.165) is 16.8 Å². The van der Waals surface area contributed by atoms with Gasteiger partial charge < -0.3 is 10.6 Å². The fourth-order valence-corrected chi connectivity index (χ4v) is 2.90. The van der Waals surface area contributed by atoms with Crippen molar-refractivity contribution in [2.45, 2.75) is 52.0 Å². The average molecular weight is 327 g/mol. The highest BCUT2D eigenvalue weighted by atomic mass is 79.9. The molecule has 0 radical (unpaired) electrons. The predicted octanol–water partition coefficient (Wildman–Crippen LogP) is 4.05. The first-order valence-corrected chi connectivity index (χ1v) is 8.03. The van der Waals surface area contributed by atoms with Crippen molar-refractivity contribution in [2.24, 2.45) is 5.92 Å². The summed E-state index contributed by atoms with van der Waals surface area (Å²) in [6.45, 7) is 5.22. The van der Waals surface area contributed by atoms with Gasteiger partial charge in [0.2, 0.25) is 5.95 Å². The third-order valence-electron chi connectivity index (χ3n) is 3.76. The molecule has 1 aromatic rings. The number of nitrogens with zero attached hydrogens (tertiary/aromatic N) is 2. The molecule has 2 atom stereocenters. The molecule has 2 unspecified atom stereocenters. The zero-order valence-corrected chi connectivity index (χ0v) is 13.3. The number of rotatable bonds is 4. The van der Waals surface area contributed by atoms with Crippen molar-refractivity contribution in [3.63, 3.8) is 0 Å². The molecule has 0 saturated heterocycles. The van der Waals surface area contributed by atoms with Gasteiger partial charge in [0, 0.05) is 18.8 Å². The fourth-order valence-electron chi connectivity index (χ4n) is 2.59. The van der Waals surface area contributed by atoms with Gasteiger partial charge in [-0.25, -0.2) is 4.98 Å². The van der Waals surface area contributed by atoms with Gasteiger partial charge in [-0.05, 0) is 41.6 Å². The van der Waals surface area contributed by atoms with Gasteiger partial charge in [0.25, 0.3) is 0 Å². The lowest BCUT2D eigenvalue weighted by Crippen LogP contribution is -2.27. The van der Waals surface area contributed by atoms with Crippen molar-refractivity contribution in [1.82, 2.24) is 9.97 Å². The van der Waals surface area contributed by atoms with E-state index >= 15 is 0 Å². The number of aromatic nitrogens is 2. The van der Waals surface area contributed by atoms with Crippen molar-refractivity contribution in [3.8, 4) is 0 Å². The minimum Gasteiger partial charge on any atom is -0.366 e. The predicted molar refractivity (Wildman–Crippen MR) is 83.6 cm³/mol. The van der Waals surface area contributed by atoms with Gasteiger partial charge >= 0.3 is 0 Å². The molecule has 4 nitrogen and oxygen atoms in total. The Balaban J connectivity index is 2.09. The lowest BCUT2D eigenvalue weighted by atomic mass is 9.97. The number of anilines is 2. The Morgan fingerprint density at radius 1 is 1.32 bits per heavy atom. The zero-order valence-electron chi connectivity index (χ0n) is 11.7. The number of halogens is 1. The number of hydrogen-bond acceptors (Lipinski definition) is 4. The van der Waals surface area contributed by atoms with Crippen LogP contribution in [-0.4, -0.2) is 22.6 Å². The summed E-state index contributed by atoms with van der Waals surface area (Å²) in [6, 6.07) is 0.517. The molecular formula is C14H23BrN4. The summed E-state index contributed by atoms with van der Waals surface area (Å²) in [5.74, 6) is 2.30. The highest BCUT2D eigenvalue weighted by Gasteiger charge is 2.21. The van der Waals surface area contributed by atoms with Gasteiger partial charge in [-0.15, -0.1) is 0 Å². The van der Waals surface area contributed by atoms with Crippen molar-refractivity contribution in [3.05, 3.63) is 10.7 Å². The Kier molecular flexibility index (Phi) is 5.43. The quantitative estimate of drug-likeness (QED) is 0.819. The summed E-state index contributed by atoms with van der Waals surface area (Å²) in [4.78, 5) is 8.79. The van der Waals surface area contributed by atoms with Gasteiger partial charge in [-0.3, -0.25) is 0 Å². The van der Waals surface area contributed by atoms with Crippen LogP contribution in [-0.2, 0) is 0 Å². The van der Waals surface area contributed by atoms with Crippen molar-refractivity contribution in [1.29, 1.82) is 0 Å². The van der Waals surface area contributed by atoms with Crippen molar-refractivity contribution < 1.29 is 0 Å². The summed E-state index contributed by atoms with van der Waals surface area (Å²) >= 11 is 3.53. The minimum absolute atomic E-state index is 0.517. The molecule has 0 aromatic carbocycles. The van der Waals surface area contributed by atoms with Crippen LogP contribution in [0, 0.1) is 5.92 Å². The molecule has 2 N–H and O–H groups in total. The summed E-state index contributed by atoms with van der Waals surface area (Å²) in [6.07, 6.45) is 8.37. The van der Waals surface area contributed by atoms with E-state index in [1.807, 2.05) is 13.1 Å². The van der Waals surface area contributed by atoms with Crippen LogP contribution in [0.1, 0.15) is 46.0 Å². The van der Waals surface area contributed by atoms with Crippen molar-refractivity contribution in [2.75, 3.05) is 17.2 Å². The average Bonchev–Trinajstić information content (AvgIpc) is 2.59. The van der Waals surface area contributed by atoms with E-state index in [2.05, 4.69) is 43.5 Å². The van der Waals surface area contributed by atoms with Crippen LogP contribution in [0.5, 0.6) is 0 Å². The largest absolute Gasteiger partial charge is 0.366 e. The van der Waals surface area contributed by atoms with E-state index in [4.69, 9.17) is 0 Å². The molecule has 19 heavy (non-hydrogen) atoms. The van der Waals surface area contributed by atoms with Gasteiger partial charge in [-0.1, -0.05) is 26.2 Å². The Labute approximate surface area is 123 Å². The maximum atomic E-state index is 4.54. The van der Waals surface area contributed by atoms with Crippen LogP contribution >= 0.6 is 15.9 Å². The Hall–Kier alpha value is -0.840. The van der Waals surface area contributed by atoms with Crippen LogP contribution in [0.3, 0.4) is 0 Å². The maximum absolute atomic E-state index is 4.54. The van der Waals surface area contributed by atoms with Crippen LogP contribution < -0.4 is 10.6 Å². The standard InChI is InChI=1S/C14H23BrN4/c1-3-16-14-17-9-11(15)13(19-14)18-12-8-6-4-5-7-10(12)2/h9-10,12H,3-8H2,1-2H3,(H2,16,17,18,19). The molecule has 1 heterocycles. The molecular weight excluding hydrogens is 304 g/mol. The molecule has 0 spiro atoms. The first-order valence-electron chi connectivity index (χ1n) is 7.23. The highest BCUT2D eigenvalue weighted by Crippen LogP contribution is 2.28. The van der Waals surface area contributed by atoms with Gasteiger partial charge in [0.1, 0.15) is 5.82 Å². The maximum Gasteiger partial charge on any atom is 0.224 e. The Bertz CT molecular complexity index is 410. The van der Waals surface area contributed by atoms with Gasteiger partial charge in [-0.2, -0.15) is 4.98 Å². The molecule has 0 amide bonds. The first-order chi connectivity index (χ1) is 9.20. The summed E-state index contributed by atoms with van der Waals surface area (Å²) in [5.41, 5.74) is 0. The van der Waals surface area contributed by atoms with Crippen LogP contribution in [0.15, 0.2) is 10.7 Å². The molecule has 1 aromatic heterocycles. The topological polar surface area (TPSA) is 49.8 Å². The Morgan fingerprint density at radius 3 is 2.89 bits per heavy atom. The van der Waals surface area contributed by atoms with Gasteiger partial charge in [0.15, 0.2) is 0 Å². The number of hydrogen-bond donors (Lipinski definition) is 2. The fraction of sp³-hybridized carbons (Fsp3) is 0.714. The summed E-state index contributed by atoms with van der Waals surface area (Å²) in [5, 5.41) is 6.75. The zero-order chi connectivity index (χ0) is 13.7. The van der Waals surface area contributed by atoms with Crippen LogP contribution in [0.4, 0.5) is 11.8 Å². The second kappa shape index (κ2) is 7.08. The van der Waals surface area contributed by atoms with E-state index in [-0.39, 0.29) is 0 Å². The first kappa shape index (κ1) is 14.6. The van der Waals surface area contributed by atoms with E-state index in [1.165, 1.54) is 32.1 Å². The highest BCUT2D eigenvalue weighted by molar-refractivity contribution is 9.10. The molecule has 0 aliphatic heterocycles. The lowest BCUT2D eigenvalue weighted by Gasteiger charge is -2.24. The molecule has 1 aliphatic rings. The summed E-state index contributed by atoms with van der Waals surface area (Å²) < 4.78 is 0.936. The molecule has 1 aliphatic carbocycles. The smallest absolute Gasteiger partial charge is 0.224 e. The van der Waals surface area contributed by atoms with Crippen LogP contribution in [0.2, 0.25) is 0 Å². The molecule has 1 fully saturated rings. The SMILES string of the molecule is CCNc1ncc(Br)c(NC2CCCCCC2C)n1. The van der Waals surface area contributed by atoms with Crippen LogP contribution in [0.25, 0.3) is 0 Å². The van der Waals surface area contributed by atoms with E-state index < -0.39 is 0 Å². The molecule has 5 heteroatoms. The van der Waals surface area contributed by atoms with E-state index in [0.29, 0.717) is 17.9 Å². The molecule has 2 rings (SSSR count). The summed E-state index contributed by atoms with van der Waals surface area (Å²) in [7, 11) is 0. The monoisotopic (exact) mass is 326 g/mol. The second-order valence-electron chi connectivity index (χ2n) is 5.29. The molecule has 0 bridgehead atoms.